The molecule has 21 heavy (non-hydrogen) atoms. The van der Waals surface area contributed by atoms with Crippen LogP contribution in [0.1, 0.15) is 0 Å². The molecule has 0 unspecified atom stereocenters. The van der Waals surface area contributed by atoms with Crippen LogP contribution in [-0.4, -0.2) is 39.9 Å². The minimum atomic E-state index is -3.94. The fourth-order valence-corrected chi connectivity index (χ4v) is 3.07. The maximum Gasteiger partial charge on any atom is 0.263 e. The maximum absolute atomic E-state index is 13.3. The number of aromatic nitrogens is 1. The van der Waals surface area contributed by atoms with Gasteiger partial charge in [0.1, 0.15) is 10.7 Å². The fraction of sp³-hybridized carbons (Fsp3) is 0.385. The van der Waals surface area contributed by atoms with Gasteiger partial charge in [-0.3, -0.25) is 0 Å². The van der Waals surface area contributed by atoms with Crippen LogP contribution in [0.2, 0.25) is 0 Å². The van der Waals surface area contributed by atoms with Gasteiger partial charge in [0.15, 0.2) is 0 Å². The Morgan fingerprint density at radius 2 is 2.05 bits per heavy atom. The molecule has 1 aromatic carbocycles. The first-order valence-corrected chi connectivity index (χ1v) is 8.54. The molecule has 0 amide bonds. The van der Waals surface area contributed by atoms with E-state index in [9.17, 15) is 12.8 Å². The lowest BCUT2D eigenvalue weighted by Gasteiger charge is -2.06. The first-order chi connectivity index (χ1) is 9.93. The molecule has 1 aromatic heterocycles. The third-order valence-corrected chi connectivity index (χ3v) is 4.33. The van der Waals surface area contributed by atoms with Crippen LogP contribution in [0.15, 0.2) is 29.3 Å². The van der Waals surface area contributed by atoms with E-state index in [2.05, 4.69) is 0 Å². The van der Waals surface area contributed by atoms with E-state index in [1.54, 1.807) is 11.7 Å². The molecule has 0 N–H and O–H groups in total. The Labute approximate surface area is 126 Å². The summed E-state index contributed by atoms with van der Waals surface area (Å²) in [5, 5.41) is 0.266. The Kier molecular flexibility index (Phi) is 5.21. The molecule has 116 valence electrons. The molecule has 0 aliphatic heterocycles. The van der Waals surface area contributed by atoms with Gasteiger partial charge in [-0.25, -0.2) is 12.8 Å². The van der Waals surface area contributed by atoms with E-state index >= 15 is 0 Å². The van der Waals surface area contributed by atoms with Crippen LogP contribution in [0.3, 0.4) is 0 Å². The molecule has 2 aromatic rings. The number of halogens is 2. The highest BCUT2D eigenvalue weighted by Gasteiger charge is 2.19. The maximum atomic E-state index is 13.3. The highest BCUT2D eigenvalue weighted by atomic mass is 35.7. The van der Waals surface area contributed by atoms with Crippen molar-refractivity contribution in [1.29, 1.82) is 0 Å². The van der Waals surface area contributed by atoms with Gasteiger partial charge < -0.3 is 14.0 Å². The lowest BCUT2D eigenvalue weighted by molar-refractivity contribution is 0.0670. The van der Waals surface area contributed by atoms with Gasteiger partial charge >= 0.3 is 0 Å². The zero-order valence-corrected chi connectivity index (χ0v) is 13.0. The Bertz CT molecular complexity index is 729. The van der Waals surface area contributed by atoms with Gasteiger partial charge in [-0.2, -0.15) is 0 Å². The molecule has 8 heteroatoms. The lowest BCUT2D eigenvalue weighted by Crippen LogP contribution is -2.08. The van der Waals surface area contributed by atoms with Crippen molar-refractivity contribution in [3.63, 3.8) is 0 Å². The van der Waals surface area contributed by atoms with Gasteiger partial charge in [-0.1, -0.05) is 0 Å². The molecule has 0 saturated heterocycles. The third kappa shape index (κ3) is 3.94. The van der Waals surface area contributed by atoms with E-state index in [0.29, 0.717) is 31.9 Å². The minimum absolute atomic E-state index is 0.101. The van der Waals surface area contributed by atoms with E-state index in [4.69, 9.17) is 20.2 Å². The van der Waals surface area contributed by atoms with Crippen LogP contribution >= 0.6 is 10.7 Å². The van der Waals surface area contributed by atoms with Crippen LogP contribution in [0.5, 0.6) is 0 Å². The first kappa shape index (κ1) is 16.2. The predicted molar refractivity (Wildman–Crippen MR) is 77.6 cm³/mol. The van der Waals surface area contributed by atoms with Crippen LogP contribution in [0.25, 0.3) is 10.9 Å². The van der Waals surface area contributed by atoms with Crippen LogP contribution in [-0.2, 0) is 25.1 Å². The minimum Gasteiger partial charge on any atom is -0.382 e. The number of rotatable bonds is 7. The van der Waals surface area contributed by atoms with Crippen molar-refractivity contribution in [3.05, 3.63) is 30.2 Å². The summed E-state index contributed by atoms with van der Waals surface area (Å²) >= 11 is 0. The molecule has 0 aliphatic carbocycles. The molecular weight excluding hydrogens is 321 g/mol. The molecule has 0 fully saturated rings. The summed E-state index contributed by atoms with van der Waals surface area (Å²) in [7, 11) is 3.03. The molecule has 1 heterocycles. The first-order valence-electron chi connectivity index (χ1n) is 6.23. The number of hydrogen-bond donors (Lipinski definition) is 0. The van der Waals surface area contributed by atoms with Crippen molar-refractivity contribution in [2.45, 2.75) is 11.4 Å². The highest BCUT2D eigenvalue weighted by Crippen LogP contribution is 2.28. The lowest BCUT2D eigenvalue weighted by atomic mass is 10.2. The molecule has 0 saturated carbocycles. The molecule has 0 atom stereocenters. The van der Waals surface area contributed by atoms with Crippen molar-refractivity contribution < 1.29 is 22.3 Å². The quantitative estimate of drug-likeness (QED) is 0.576. The SMILES string of the molecule is COCCOCCn1cc(S(=O)(=O)Cl)c2cc(F)ccc21. The van der Waals surface area contributed by atoms with Crippen molar-refractivity contribution in [3.8, 4) is 0 Å². The van der Waals surface area contributed by atoms with Crippen molar-refractivity contribution in [1.82, 2.24) is 4.57 Å². The van der Waals surface area contributed by atoms with E-state index in [0.717, 1.165) is 6.07 Å². The summed E-state index contributed by atoms with van der Waals surface area (Å²) in [6.45, 7) is 1.74. The second-order valence-corrected chi connectivity index (χ2v) is 6.93. The molecule has 0 radical (unpaired) electrons. The highest BCUT2D eigenvalue weighted by molar-refractivity contribution is 8.14. The van der Waals surface area contributed by atoms with Gasteiger partial charge in [-0.05, 0) is 18.2 Å². The second-order valence-electron chi connectivity index (χ2n) is 4.39. The number of fused-ring (bicyclic) bond motifs is 1. The Morgan fingerprint density at radius 1 is 1.29 bits per heavy atom. The monoisotopic (exact) mass is 335 g/mol. The summed E-state index contributed by atoms with van der Waals surface area (Å²) in [6, 6.07) is 3.95. The van der Waals surface area contributed by atoms with E-state index < -0.39 is 14.9 Å². The van der Waals surface area contributed by atoms with Crippen molar-refractivity contribution in [2.75, 3.05) is 26.9 Å². The van der Waals surface area contributed by atoms with E-state index in [1.165, 1.54) is 18.3 Å². The van der Waals surface area contributed by atoms with Crippen molar-refractivity contribution in [2.24, 2.45) is 0 Å². The van der Waals surface area contributed by atoms with Crippen LogP contribution in [0.4, 0.5) is 4.39 Å². The van der Waals surface area contributed by atoms with Crippen LogP contribution < -0.4 is 0 Å². The number of ether oxygens (including phenoxy) is 2. The smallest absolute Gasteiger partial charge is 0.263 e. The molecule has 0 bridgehead atoms. The normalized spacial score (nSPS) is 12.1. The van der Waals surface area contributed by atoms with E-state index in [1.807, 2.05) is 0 Å². The summed E-state index contributed by atoms with van der Waals surface area (Å²) < 4.78 is 48.3. The van der Waals surface area contributed by atoms with Gasteiger partial charge in [0.25, 0.3) is 9.05 Å². The van der Waals surface area contributed by atoms with Gasteiger partial charge in [0, 0.05) is 41.4 Å². The summed E-state index contributed by atoms with van der Waals surface area (Å²) in [5.41, 5.74) is 0.589. The number of hydrogen-bond acceptors (Lipinski definition) is 4. The fourth-order valence-electron chi connectivity index (χ4n) is 2.02. The molecular formula is C13H15ClFNO4S. The zero-order valence-electron chi connectivity index (χ0n) is 11.4. The Hall–Kier alpha value is -1.15. The predicted octanol–water partition coefficient (Wildman–Crippen LogP) is 2.37. The summed E-state index contributed by atoms with van der Waals surface area (Å²) in [5.74, 6) is -0.516. The van der Waals surface area contributed by atoms with Crippen molar-refractivity contribution >= 4 is 30.6 Å². The third-order valence-electron chi connectivity index (χ3n) is 2.98. The number of methoxy groups -OCH3 is 1. The summed E-state index contributed by atoms with van der Waals surface area (Å²) in [6.07, 6.45) is 1.39. The topological polar surface area (TPSA) is 57.5 Å². The van der Waals surface area contributed by atoms with Gasteiger partial charge in [0.2, 0.25) is 0 Å². The van der Waals surface area contributed by atoms with Gasteiger partial charge in [-0.15, -0.1) is 0 Å². The Balaban J connectivity index is 2.28. The van der Waals surface area contributed by atoms with Gasteiger partial charge in [0.05, 0.1) is 19.8 Å². The van der Waals surface area contributed by atoms with Crippen LogP contribution in [0, 0.1) is 5.82 Å². The largest absolute Gasteiger partial charge is 0.382 e. The molecule has 2 rings (SSSR count). The summed E-state index contributed by atoms with van der Waals surface area (Å²) in [4.78, 5) is -0.101. The number of nitrogens with zero attached hydrogens (tertiary/aromatic N) is 1. The Morgan fingerprint density at radius 3 is 2.71 bits per heavy atom. The standard InChI is InChI=1S/C13H15ClFNO4S/c1-19-6-7-20-5-4-16-9-13(21(14,17)18)11-8-10(15)2-3-12(11)16/h2-3,8-9H,4-7H2,1H3. The number of benzene rings is 1. The average molecular weight is 336 g/mol. The molecule has 5 nitrogen and oxygen atoms in total. The zero-order chi connectivity index (χ0) is 15.5. The second kappa shape index (κ2) is 6.74. The molecule has 0 aliphatic rings. The molecule has 0 spiro atoms. The average Bonchev–Trinajstić information content (AvgIpc) is 2.76. The van der Waals surface area contributed by atoms with E-state index in [-0.39, 0.29) is 10.3 Å².